The van der Waals surface area contributed by atoms with Crippen LogP contribution in [0.5, 0.6) is 0 Å². The van der Waals surface area contributed by atoms with E-state index in [0.29, 0.717) is 15.6 Å². The molecule has 2 amide bonds. The van der Waals surface area contributed by atoms with Gasteiger partial charge in [-0.15, -0.1) is 0 Å². The van der Waals surface area contributed by atoms with E-state index in [1.165, 1.54) is 13.2 Å². The lowest BCUT2D eigenvalue weighted by atomic mass is 10.0. The maximum atomic E-state index is 13.1. The smallest absolute Gasteiger partial charge is 0.408 e. The molecule has 0 heterocycles. The van der Waals surface area contributed by atoms with Crippen molar-refractivity contribution in [2.24, 2.45) is 5.11 Å². The highest BCUT2D eigenvalue weighted by atomic mass is 35.5. The zero-order valence-corrected chi connectivity index (χ0v) is 22.1. The van der Waals surface area contributed by atoms with Gasteiger partial charge < -0.3 is 29.6 Å². The van der Waals surface area contributed by atoms with Crippen molar-refractivity contribution in [3.05, 3.63) is 44.3 Å². The number of amides is 2. The van der Waals surface area contributed by atoms with E-state index in [1.54, 1.807) is 32.9 Å². The minimum absolute atomic E-state index is 0.103. The number of rotatable bonds is 14. The maximum absolute atomic E-state index is 13.1. The molecule has 0 aliphatic heterocycles. The normalized spacial score (nSPS) is 12.6. The topological polar surface area (TPSA) is 161 Å². The first-order chi connectivity index (χ1) is 16.9. The zero-order chi connectivity index (χ0) is 27.1. The number of esters is 1. The number of benzene rings is 1. The van der Waals surface area contributed by atoms with Crippen LogP contribution >= 0.6 is 23.2 Å². The molecule has 12 nitrogen and oxygen atoms in total. The second-order valence-electron chi connectivity index (χ2n) is 8.38. The first-order valence-corrected chi connectivity index (χ1v) is 11.7. The van der Waals surface area contributed by atoms with Crippen molar-refractivity contribution in [2.75, 3.05) is 40.1 Å². The third kappa shape index (κ3) is 13.4. The molecule has 0 saturated heterocycles. The molecule has 2 atom stereocenters. The third-order valence-electron chi connectivity index (χ3n) is 4.27. The van der Waals surface area contributed by atoms with E-state index in [0.717, 1.165) is 0 Å². The van der Waals surface area contributed by atoms with Gasteiger partial charge in [0.15, 0.2) is 0 Å². The summed E-state index contributed by atoms with van der Waals surface area (Å²) in [6, 6.07) is 2.61. The number of ether oxygens (including phenoxy) is 4. The Bertz CT molecular complexity index is 916. The summed E-state index contributed by atoms with van der Waals surface area (Å²) in [5, 5.41) is 9.16. The van der Waals surface area contributed by atoms with Gasteiger partial charge in [-0.3, -0.25) is 9.59 Å². The van der Waals surface area contributed by atoms with Crippen LogP contribution in [-0.2, 0) is 28.5 Å². The first-order valence-electron chi connectivity index (χ1n) is 10.9. The molecule has 0 fully saturated rings. The number of carbonyl (C=O) groups is 3. The maximum Gasteiger partial charge on any atom is 0.408 e. The lowest BCUT2D eigenvalue weighted by Crippen LogP contribution is -2.51. The Morgan fingerprint density at radius 3 is 2.28 bits per heavy atom. The van der Waals surface area contributed by atoms with Gasteiger partial charge in [-0.25, -0.2) is 4.79 Å². The Kier molecular flexibility index (Phi) is 14.0. The number of nitrogens with one attached hydrogen (secondary N) is 2. The largest absolute Gasteiger partial charge is 0.469 e. The SMILES string of the molecule is COC(=O)CC(NC(=O)[C@H](COCCOCCN=[N+]=[N-])NC(=O)OC(C)(C)C)c1cc(Cl)cc(Cl)c1. The molecule has 1 aromatic rings. The minimum atomic E-state index is -1.17. The Hall–Kier alpha value is -2.76. The molecule has 0 bridgehead atoms. The van der Waals surface area contributed by atoms with Crippen LogP contribution in [0.4, 0.5) is 4.79 Å². The van der Waals surface area contributed by atoms with Gasteiger partial charge in [0.05, 0.1) is 46.0 Å². The molecule has 1 unspecified atom stereocenters. The Morgan fingerprint density at radius 1 is 1.06 bits per heavy atom. The third-order valence-corrected chi connectivity index (χ3v) is 4.70. The quantitative estimate of drug-likeness (QED) is 0.117. The lowest BCUT2D eigenvalue weighted by Gasteiger charge is -2.25. The number of nitrogens with zero attached hydrogens (tertiary/aromatic N) is 3. The van der Waals surface area contributed by atoms with E-state index in [1.807, 2.05) is 0 Å². The summed E-state index contributed by atoms with van der Waals surface area (Å²) in [5.41, 5.74) is 7.92. The van der Waals surface area contributed by atoms with Gasteiger partial charge in [-0.2, -0.15) is 0 Å². The van der Waals surface area contributed by atoms with Crippen LogP contribution in [0, 0.1) is 0 Å². The standard InChI is InChI=1S/C22H31Cl2N5O7/c1-22(2,3)36-21(32)28-18(13-35-8-7-34-6-5-26-29-25)20(31)27-17(12-19(30)33-4)14-9-15(23)11-16(24)10-14/h9-11,17-18H,5-8,12-13H2,1-4H3,(H,27,31)(H,28,32)/t17?,18-/m0/s1. The summed E-state index contributed by atoms with van der Waals surface area (Å²) in [4.78, 5) is 40.1. The molecule has 200 valence electrons. The molecule has 0 radical (unpaired) electrons. The highest BCUT2D eigenvalue weighted by Crippen LogP contribution is 2.26. The summed E-state index contributed by atoms with van der Waals surface area (Å²) in [7, 11) is 1.22. The van der Waals surface area contributed by atoms with Gasteiger partial charge >= 0.3 is 12.1 Å². The lowest BCUT2D eigenvalue weighted by molar-refractivity contribution is -0.141. The Morgan fingerprint density at radius 2 is 1.69 bits per heavy atom. The van der Waals surface area contributed by atoms with Crippen LogP contribution in [0.15, 0.2) is 23.3 Å². The van der Waals surface area contributed by atoms with E-state index in [2.05, 4.69) is 20.7 Å². The highest BCUT2D eigenvalue weighted by Gasteiger charge is 2.28. The fraction of sp³-hybridized carbons (Fsp3) is 0.591. The van der Waals surface area contributed by atoms with Crippen LogP contribution in [0.25, 0.3) is 10.4 Å². The molecular weight excluding hydrogens is 517 g/mol. The summed E-state index contributed by atoms with van der Waals surface area (Å²) in [5.74, 6) is -1.22. The molecule has 0 spiro atoms. The first kappa shape index (κ1) is 31.3. The van der Waals surface area contributed by atoms with Crippen LogP contribution in [0.3, 0.4) is 0 Å². The summed E-state index contributed by atoms with van der Waals surface area (Å²) >= 11 is 12.2. The number of halogens is 2. The summed E-state index contributed by atoms with van der Waals surface area (Å²) < 4.78 is 20.7. The number of azide groups is 1. The van der Waals surface area contributed by atoms with Gasteiger partial charge in [0.1, 0.15) is 11.6 Å². The summed E-state index contributed by atoms with van der Waals surface area (Å²) in [6.07, 6.45) is -1.04. The molecule has 0 saturated carbocycles. The number of carbonyl (C=O) groups excluding carboxylic acids is 3. The van der Waals surface area contributed by atoms with Gasteiger partial charge in [-0.05, 0) is 50.1 Å². The van der Waals surface area contributed by atoms with Gasteiger partial charge in [0.25, 0.3) is 0 Å². The van der Waals surface area contributed by atoms with Gasteiger partial charge in [0, 0.05) is 21.5 Å². The fourth-order valence-electron chi connectivity index (χ4n) is 2.75. The molecule has 2 N–H and O–H groups in total. The average Bonchev–Trinajstić information content (AvgIpc) is 2.77. The molecule has 14 heteroatoms. The van der Waals surface area contributed by atoms with Crippen molar-refractivity contribution in [1.82, 2.24) is 10.6 Å². The van der Waals surface area contributed by atoms with Gasteiger partial charge in [0.2, 0.25) is 5.91 Å². The van der Waals surface area contributed by atoms with Crippen LogP contribution < -0.4 is 10.6 Å². The fourth-order valence-corrected chi connectivity index (χ4v) is 3.30. The Balaban J connectivity index is 2.94. The molecule has 0 aliphatic rings. The van der Waals surface area contributed by atoms with Gasteiger partial charge in [-0.1, -0.05) is 28.3 Å². The van der Waals surface area contributed by atoms with Crippen LogP contribution in [0.2, 0.25) is 10.0 Å². The van der Waals surface area contributed by atoms with Crippen molar-refractivity contribution >= 4 is 41.2 Å². The van der Waals surface area contributed by atoms with E-state index >= 15 is 0 Å². The van der Waals surface area contributed by atoms with E-state index in [9.17, 15) is 14.4 Å². The van der Waals surface area contributed by atoms with E-state index in [4.69, 9.17) is 47.7 Å². The zero-order valence-electron chi connectivity index (χ0n) is 20.6. The molecule has 1 rings (SSSR count). The second-order valence-corrected chi connectivity index (χ2v) is 9.26. The van der Waals surface area contributed by atoms with Crippen molar-refractivity contribution in [3.63, 3.8) is 0 Å². The average molecular weight is 548 g/mol. The number of alkyl carbamates (subject to hydrolysis) is 1. The van der Waals surface area contributed by atoms with Crippen LogP contribution in [-0.4, -0.2) is 69.7 Å². The predicted octanol–water partition coefficient (Wildman–Crippen LogP) is 3.95. The minimum Gasteiger partial charge on any atom is -0.469 e. The van der Waals surface area contributed by atoms with E-state index in [-0.39, 0.29) is 39.4 Å². The molecule has 0 aliphatic carbocycles. The number of hydrogen-bond acceptors (Lipinski definition) is 8. The van der Waals surface area contributed by atoms with Crippen molar-refractivity contribution in [3.8, 4) is 0 Å². The number of methoxy groups -OCH3 is 1. The van der Waals surface area contributed by atoms with Crippen molar-refractivity contribution < 1.29 is 33.3 Å². The Labute approximate surface area is 219 Å². The van der Waals surface area contributed by atoms with Crippen LogP contribution in [0.1, 0.15) is 38.8 Å². The molecular formula is C22H31Cl2N5O7. The highest BCUT2D eigenvalue weighted by molar-refractivity contribution is 6.34. The molecule has 36 heavy (non-hydrogen) atoms. The number of hydrogen-bond donors (Lipinski definition) is 2. The molecule has 1 aromatic carbocycles. The molecule has 0 aromatic heterocycles. The predicted molar refractivity (Wildman–Crippen MR) is 133 cm³/mol. The summed E-state index contributed by atoms with van der Waals surface area (Å²) in [6.45, 7) is 5.50. The second kappa shape index (κ2) is 16.1. The monoisotopic (exact) mass is 547 g/mol. The van der Waals surface area contributed by atoms with Crippen molar-refractivity contribution in [2.45, 2.75) is 44.9 Å². The van der Waals surface area contributed by atoms with Crippen molar-refractivity contribution in [1.29, 1.82) is 0 Å². The van der Waals surface area contributed by atoms with E-state index < -0.39 is 35.7 Å².